The molecule has 0 spiro atoms. The number of hydrogen-bond acceptors (Lipinski definition) is 5. The Morgan fingerprint density at radius 2 is 1.81 bits per heavy atom. The van der Waals surface area contributed by atoms with Gasteiger partial charge in [-0.2, -0.15) is 0 Å². The molecule has 31 heavy (non-hydrogen) atoms. The smallest absolute Gasteiger partial charge is 0.326 e. The zero-order valence-electron chi connectivity index (χ0n) is 17.3. The standard InChI is InChI=1S/C23H26N4O4/c28-22(24-13-17-15-30-20-7-3-4-8-21(20)31-17)14-26-11-9-16(10-12-26)27-19-6-2-1-5-18(19)25-23(27)29/h1-8,16-17H,9-15H2,(H,24,28)(H,25,29). The van der Waals surface area contributed by atoms with Gasteiger partial charge in [-0.3, -0.25) is 14.3 Å². The average Bonchev–Trinajstić information content (AvgIpc) is 3.14. The van der Waals surface area contributed by atoms with Gasteiger partial charge in [0.05, 0.1) is 24.1 Å². The topological polar surface area (TPSA) is 88.6 Å². The van der Waals surface area contributed by atoms with Gasteiger partial charge in [-0.25, -0.2) is 4.79 Å². The van der Waals surface area contributed by atoms with Crippen LogP contribution in [0.15, 0.2) is 53.3 Å². The van der Waals surface area contributed by atoms with Crippen LogP contribution in [0.3, 0.4) is 0 Å². The predicted octanol–water partition coefficient (Wildman–Crippen LogP) is 1.92. The van der Waals surface area contributed by atoms with E-state index in [1.165, 1.54) is 0 Å². The number of fused-ring (bicyclic) bond motifs is 2. The molecule has 0 aliphatic carbocycles. The van der Waals surface area contributed by atoms with Gasteiger partial charge in [-0.1, -0.05) is 24.3 Å². The molecule has 0 radical (unpaired) electrons. The molecule has 1 saturated heterocycles. The zero-order chi connectivity index (χ0) is 21.2. The maximum Gasteiger partial charge on any atom is 0.326 e. The summed E-state index contributed by atoms with van der Waals surface area (Å²) in [7, 11) is 0. The van der Waals surface area contributed by atoms with Gasteiger partial charge in [0.25, 0.3) is 0 Å². The average molecular weight is 422 g/mol. The minimum absolute atomic E-state index is 0.0230. The van der Waals surface area contributed by atoms with E-state index in [2.05, 4.69) is 15.2 Å². The number of benzene rings is 2. The lowest BCUT2D eigenvalue weighted by Crippen LogP contribution is -2.46. The third-order valence-electron chi connectivity index (χ3n) is 6.01. The van der Waals surface area contributed by atoms with Gasteiger partial charge in [-0.05, 0) is 37.1 Å². The second-order valence-corrected chi connectivity index (χ2v) is 8.13. The Hall–Kier alpha value is -3.26. The van der Waals surface area contributed by atoms with Crippen LogP contribution in [0.5, 0.6) is 11.5 Å². The Morgan fingerprint density at radius 3 is 2.65 bits per heavy atom. The number of piperidine rings is 1. The van der Waals surface area contributed by atoms with Crippen LogP contribution in [0.1, 0.15) is 18.9 Å². The fourth-order valence-corrected chi connectivity index (χ4v) is 4.42. The summed E-state index contributed by atoms with van der Waals surface area (Å²) in [6, 6.07) is 15.5. The van der Waals surface area contributed by atoms with Crippen LogP contribution in [0.25, 0.3) is 11.0 Å². The number of aromatic amines is 1. The van der Waals surface area contributed by atoms with Crippen molar-refractivity contribution in [3.8, 4) is 11.5 Å². The van der Waals surface area contributed by atoms with Crippen LogP contribution in [0.4, 0.5) is 0 Å². The number of nitrogens with zero attached hydrogens (tertiary/aromatic N) is 2. The van der Waals surface area contributed by atoms with Gasteiger partial charge in [-0.15, -0.1) is 0 Å². The van der Waals surface area contributed by atoms with Gasteiger partial charge < -0.3 is 19.8 Å². The molecule has 0 saturated carbocycles. The molecule has 0 bridgehead atoms. The second kappa shape index (κ2) is 8.47. The summed E-state index contributed by atoms with van der Waals surface area (Å²) >= 11 is 0. The maximum atomic E-state index is 12.4. The number of carbonyl (C=O) groups is 1. The van der Waals surface area contributed by atoms with Crippen molar-refractivity contribution in [1.82, 2.24) is 19.8 Å². The van der Waals surface area contributed by atoms with E-state index in [0.717, 1.165) is 42.7 Å². The number of aromatic nitrogens is 2. The van der Waals surface area contributed by atoms with Gasteiger partial charge in [0, 0.05) is 19.1 Å². The lowest BCUT2D eigenvalue weighted by atomic mass is 10.0. The molecule has 5 rings (SSSR count). The first-order chi connectivity index (χ1) is 15.2. The Labute approximate surface area is 179 Å². The van der Waals surface area contributed by atoms with E-state index in [-0.39, 0.29) is 23.7 Å². The number of carbonyl (C=O) groups excluding carboxylic acids is 1. The fourth-order valence-electron chi connectivity index (χ4n) is 4.42. The van der Waals surface area contributed by atoms with E-state index in [4.69, 9.17) is 9.47 Å². The summed E-state index contributed by atoms with van der Waals surface area (Å²) < 4.78 is 13.4. The lowest BCUT2D eigenvalue weighted by molar-refractivity contribution is -0.123. The molecule has 8 heteroatoms. The Balaban J connectivity index is 1.10. The number of nitrogens with one attached hydrogen (secondary N) is 2. The summed E-state index contributed by atoms with van der Waals surface area (Å²) in [5.74, 6) is 1.43. The highest BCUT2D eigenvalue weighted by atomic mass is 16.6. The van der Waals surface area contributed by atoms with Crippen LogP contribution in [0.2, 0.25) is 0 Å². The van der Waals surface area contributed by atoms with Crippen LogP contribution >= 0.6 is 0 Å². The number of ether oxygens (including phenoxy) is 2. The SMILES string of the molecule is O=C(CN1CCC(n2c(=O)[nH]c3ccccc32)CC1)NCC1COc2ccccc2O1. The molecule has 1 unspecified atom stereocenters. The number of likely N-dealkylation sites (tertiary alicyclic amines) is 1. The Bertz CT molecular complexity index is 1130. The van der Waals surface area contributed by atoms with Crippen LogP contribution in [-0.4, -0.2) is 59.2 Å². The molecule has 1 aromatic heterocycles. The monoisotopic (exact) mass is 422 g/mol. The van der Waals surface area contributed by atoms with Crippen molar-refractivity contribution in [3.05, 3.63) is 59.0 Å². The number of para-hydroxylation sites is 4. The number of hydrogen-bond donors (Lipinski definition) is 2. The molecule has 1 fully saturated rings. The lowest BCUT2D eigenvalue weighted by Gasteiger charge is -2.32. The molecule has 3 aromatic rings. The highest BCUT2D eigenvalue weighted by Gasteiger charge is 2.25. The van der Waals surface area contributed by atoms with E-state index in [0.29, 0.717) is 25.4 Å². The van der Waals surface area contributed by atoms with Gasteiger partial charge in [0.15, 0.2) is 11.5 Å². The van der Waals surface area contributed by atoms with Crippen molar-refractivity contribution in [1.29, 1.82) is 0 Å². The van der Waals surface area contributed by atoms with Gasteiger partial charge >= 0.3 is 5.69 Å². The largest absolute Gasteiger partial charge is 0.486 e. The van der Waals surface area contributed by atoms with Crippen molar-refractivity contribution in [3.63, 3.8) is 0 Å². The maximum absolute atomic E-state index is 12.4. The molecule has 1 amide bonds. The van der Waals surface area contributed by atoms with E-state index in [9.17, 15) is 9.59 Å². The first-order valence-corrected chi connectivity index (χ1v) is 10.7. The van der Waals surface area contributed by atoms with E-state index in [1.54, 1.807) is 0 Å². The van der Waals surface area contributed by atoms with Gasteiger partial charge in [0.1, 0.15) is 12.7 Å². The van der Waals surface area contributed by atoms with Crippen molar-refractivity contribution in [2.75, 3.05) is 32.8 Å². The van der Waals surface area contributed by atoms with Crippen molar-refractivity contribution in [2.45, 2.75) is 25.0 Å². The molecule has 2 aliphatic rings. The van der Waals surface area contributed by atoms with E-state index < -0.39 is 0 Å². The number of amides is 1. The third kappa shape index (κ3) is 4.16. The number of H-pyrrole nitrogens is 1. The van der Waals surface area contributed by atoms with Gasteiger partial charge in [0.2, 0.25) is 5.91 Å². The predicted molar refractivity (Wildman–Crippen MR) is 117 cm³/mol. The Morgan fingerprint density at radius 1 is 1.06 bits per heavy atom. The number of rotatable bonds is 5. The third-order valence-corrected chi connectivity index (χ3v) is 6.01. The van der Waals surface area contributed by atoms with E-state index in [1.807, 2.05) is 53.1 Å². The van der Waals surface area contributed by atoms with Crippen LogP contribution in [0, 0.1) is 0 Å². The highest BCUT2D eigenvalue weighted by Crippen LogP contribution is 2.30. The molecule has 2 aliphatic heterocycles. The summed E-state index contributed by atoms with van der Waals surface area (Å²) in [5.41, 5.74) is 1.75. The fraction of sp³-hybridized carbons (Fsp3) is 0.391. The zero-order valence-corrected chi connectivity index (χ0v) is 17.3. The van der Waals surface area contributed by atoms with Crippen LogP contribution < -0.4 is 20.5 Å². The highest BCUT2D eigenvalue weighted by molar-refractivity contribution is 5.78. The first-order valence-electron chi connectivity index (χ1n) is 10.7. The molecular weight excluding hydrogens is 396 g/mol. The summed E-state index contributed by atoms with van der Waals surface area (Å²) in [5, 5.41) is 2.96. The first kappa shape index (κ1) is 19.7. The molecular formula is C23H26N4O4. The normalized spacial score (nSPS) is 19.4. The molecule has 8 nitrogen and oxygen atoms in total. The minimum atomic E-state index is -0.196. The quantitative estimate of drug-likeness (QED) is 0.656. The summed E-state index contributed by atoms with van der Waals surface area (Å²) in [6.07, 6.45) is 1.48. The Kier molecular flexibility index (Phi) is 5.38. The molecule has 2 N–H and O–H groups in total. The molecule has 1 atom stereocenters. The summed E-state index contributed by atoms with van der Waals surface area (Å²) in [6.45, 7) is 2.73. The molecule has 2 aromatic carbocycles. The molecule has 3 heterocycles. The minimum Gasteiger partial charge on any atom is -0.486 e. The number of imidazole rings is 1. The van der Waals surface area contributed by atoms with Crippen molar-refractivity contribution < 1.29 is 14.3 Å². The molecule has 162 valence electrons. The van der Waals surface area contributed by atoms with Crippen molar-refractivity contribution >= 4 is 16.9 Å². The van der Waals surface area contributed by atoms with Crippen LogP contribution in [-0.2, 0) is 4.79 Å². The second-order valence-electron chi connectivity index (χ2n) is 8.13. The van der Waals surface area contributed by atoms with E-state index >= 15 is 0 Å². The van der Waals surface area contributed by atoms with Crippen molar-refractivity contribution in [2.24, 2.45) is 0 Å². The summed E-state index contributed by atoms with van der Waals surface area (Å²) in [4.78, 5) is 29.9.